The third-order valence-electron chi connectivity index (χ3n) is 2.90. The van der Waals surface area contributed by atoms with Gasteiger partial charge in [-0.1, -0.05) is 0 Å². The fraction of sp³-hybridized carbons (Fsp3) is 0.900. The maximum absolute atomic E-state index is 11.5. The zero-order valence-electron chi connectivity index (χ0n) is 9.00. The maximum atomic E-state index is 11.5. The van der Waals surface area contributed by atoms with Crippen molar-refractivity contribution in [3.8, 4) is 0 Å². The molecule has 1 amide bonds. The summed E-state index contributed by atoms with van der Waals surface area (Å²) in [6, 6.07) is 0.405. The van der Waals surface area contributed by atoms with E-state index in [1.807, 2.05) is 11.8 Å². The Balaban J connectivity index is 2.48. The summed E-state index contributed by atoms with van der Waals surface area (Å²) < 4.78 is 0. The van der Waals surface area contributed by atoms with Gasteiger partial charge < -0.3 is 9.80 Å². The number of rotatable bonds is 3. The molecule has 0 bridgehead atoms. The van der Waals surface area contributed by atoms with Gasteiger partial charge in [0.1, 0.15) is 5.88 Å². The highest BCUT2D eigenvalue weighted by Crippen LogP contribution is 2.15. The van der Waals surface area contributed by atoms with Crippen molar-refractivity contribution in [1.29, 1.82) is 0 Å². The van der Waals surface area contributed by atoms with Crippen molar-refractivity contribution in [3.05, 3.63) is 0 Å². The van der Waals surface area contributed by atoms with Gasteiger partial charge in [-0.25, -0.2) is 0 Å². The van der Waals surface area contributed by atoms with E-state index in [1.54, 1.807) is 0 Å². The lowest BCUT2D eigenvalue weighted by Crippen LogP contribution is -2.46. The van der Waals surface area contributed by atoms with Gasteiger partial charge >= 0.3 is 0 Å². The fourth-order valence-electron chi connectivity index (χ4n) is 2.02. The number of carbonyl (C=O) groups is 1. The molecule has 0 aromatic heterocycles. The topological polar surface area (TPSA) is 23.6 Å². The average Bonchev–Trinajstić information content (AvgIpc) is 2.21. The van der Waals surface area contributed by atoms with Crippen molar-refractivity contribution in [2.45, 2.75) is 25.8 Å². The molecular formula is C10H19ClN2O. The standard InChI is InChI=1S/C10H19ClN2O/c1-3-13(10(14)8-11)9-4-6-12(2)7-5-9/h9H,3-8H2,1-2H3. The quantitative estimate of drug-likeness (QED) is 0.664. The molecule has 1 aliphatic heterocycles. The molecule has 0 aliphatic carbocycles. The SMILES string of the molecule is CCN(C(=O)CCl)C1CCN(C)CC1. The van der Waals surface area contributed by atoms with E-state index in [4.69, 9.17) is 11.6 Å². The van der Waals surface area contributed by atoms with E-state index in [-0.39, 0.29) is 11.8 Å². The Bertz CT molecular complexity index is 191. The summed E-state index contributed by atoms with van der Waals surface area (Å²) in [5, 5.41) is 0. The molecule has 0 atom stereocenters. The Hall–Kier alpha value is -0.280. The number of nitrogens with zero attached hydrogens (tertiary/aromatic N) is 2. The van der Waals surface area contributed by atoms with Crippen molar-refractivity contribution in [1.82, 2.24) is 9.80 Å². The number of hydrogen-bond acceptors (Lipinski definition) is 2. The zero-order valence-corrected chi connectivity index (χ0v) is 9.76. The molecule has 1 rings (SSSR count). The highest BCUT2D eigenvalue weighted by Gasteiger charge is 2.24. The predicted octanol–water partition coefficient (Wildman–Crippen LogP) is 1.17. The molecule has 0 radical (unpaired) electrons. The van der Waals surface area contributed by atoms with E-state index >= 15 is 0 Å². The summed E-state index contributed by atoms with van der Waals surface area (Å²) >= 11 is 5.57. The molecule has 0 aromatic rings. The van der Waals surface area contributed by atoms with Crippen LogP contribution in [0.3, 0.4) is 0 Å². The first-order valence-corrected chi connectivity index (χ1v) is 5.76. The smallest absolute Gasteiger partial charge is 0.237 e. The fourth-order valence-corrected chi connectivity index (χ4v) is 2.18. The molecule has 0 N–H and O–H groups in total. The number of likely N-dealkylation sites (tertiary alicyclic amines) is 1. The average molecular weight is 219 g/mol. The Morgan fingerprint density at radius 1 is 1.50 bits per heavy atom. The Morgan fingerprint density at radius 3 is 2.50 bits per heavy atom. The minimum atomic E-state index is 0.0729. The normalized spacial score (nSPS) is 19.6. The van der Waals surface area contributed by atoms with Gasteiger partial charge in [-0.3, -0.25) is 4.79 Å². The lowest BCUT2D eigenvalue weighted by atomic mass is 10.0. The van der Waals surface area contributed by atoms with Crippen molar-refractivity contribution >= 4 is 17.5 Å². The second kappa shape index (κ2) is 5.56. The van der Waals surface area contributed by atoms with Crippen LogP contribution in [0.15, 0.2) is 0 Å². The lowest BCUT2D eigenvalue weighted by Gasteiger charge is -2.36. The Kier molecular flexibility index (Phi) is 4.69. The summed E-state index contributed by atoms with van der Waals surface area (Å²) in [4.78, 5) is 15.7. The van der Waals surface area contributed by atoms with Crippen LogP contribution < -0.4 is 0 Å². The molecule has 1 heterocycles. The number of hydrogen-bond donors (Lipinski definition) is 0. The van der Waals surface area contributed by atoms with Crippen LogP contribution in [0.5, 0.6) is 0 Å². The van der Waals surface area contributed by atoms with Crippen LogP contribution in [-0.2, 0) is 4.79 Å². The highest BCUT2D eigenvalue weighted by molar-refractivity contribution is 6.27. The number of halogens is 1. The second-order valence-electron chi connectivity index (χ2n) is 3.85. The second-order valence-corrected chi connectivity index (χ2v) is 4.12. The Morgan fingerprint density at radius 2 is 2.07 bits per heavy atom. The first kappa shape index (κ1) is 11.8. The Labute approximate surface area is 91.0 Å². The van der Waals surface area contributed by atoms with E-state index in [0.29, 0.717) is 6.04 Å². The first-order chi connectivity index (χ1) is 6.69. The summed E-state index contributed by atoms with van der Waals surface area (Å²) in [5.74, 6) is 0.184. The van der Waals surface area contributed by atoms with Gasteiger partial charge in [0.15, 0.2) is 0 Å². The summed E-state index contributed by atoms with van der Waals surface area (Å²) in [6.45, 7) is 4.95. The minimum absolute atomic E-state index is 0.0729. The monoisotopic (exact) mass is 218 g/mol. The van der Waals surface area contributed by atoms with E-state index in [0.717, 1.165) is 32.5 Å². The lowest BCUT2D eigenvalue weighted by molar-refractivity contribution is -0.131. The van der Waals surface area contributed by atoms with Gasteiger partial charge in [-0.05, 0) is 39.9 Å². The minimum Gasteiger partial charge on any atom is -0.339 e. The number of amides is 1. The predicted molar refractivity (Wildman–Crippen MR) is 58.6 cm³/mol. The molecule has 82 valence electrons. The van der Waals surface area contributed by atoms with Crippen LogP contribution >= 0.6 is 11.6 Å². The molecule has 0 saturated carbocycles. The summed E-state index contributed by atoms with van der Waals surface area (Å²) in [7, 11) is 2.12. The van der Waals surface area contributed by atoms with Crippen LogP contribution in [0.1, 0.15) is 19.8 Å². The third-order valence-corrected chi connectivity index (χ3v) is 3.13. The van der Waals surface area contributed by atoms with E-state index in [2.05, 4.69) is 11.9 Å². The van der Waals surface area contributed by atoms with Gasteiger partial charge in [0, 0.05) is 12.6 Å². The molecule has 1 aliphatic rings. The molecule has 1 fully saturated rings. The van der Waals surface area contributed by atoms with Crippen LogP contribution in [0, 0.1) is 0 Å². The largest absolute Gasteiger partial charge is 0.339 e. The molecule has 3 nitrogen and oxygen atoms in total. The molecular weight excluding hydrogens is 200 g/mol. The van der Waals surface area contributed by atoms with Crippen LogP contribution in [0.25, 0.3) is 0 Å². The number of carbonyl (C=O) groups excluding carboxylic acids is 1. The zero-order chi connectivity index (χ0) is 10.6. The first-order valence-electron chi connectivity index (χ1n) is 5.23. The molecule has 4 heteroatoms. The van der Waals surface area contributed by atoms with E-state index in [1.165, 1.54) is 0 Å². The maximum Gasteiger partial charge on any atom is 0.237 e. The molecule has 14 heavy (non-hydrogen) atoms. The summed E-state index contributed by atoms with van der Waals surface area (Å²) in [5.41, 5.74) is 0. The molecule has 0 unspecified atom stereocenters. The number of alkyl halides is 1. The van der Waals surface area contributed by atoms with Crippen LogP contribution in [0.4, 0.5) is 0 Å². The van der Waals surface area contributed by atoms with Gasteiger partial charge in [-0.15, -0.1) is 11.6 Å². The van der Waals surface area contributed by atoms with Gasteiger partial charge in [0.05, 0.1) is 0 Å². The van der Waals surface area contributed by atoms with Gasteiger partial charge in [0.25, 0.3) is 0 Å². The molecule has 0 aromatic carbocycles. The van der Waals surface area contributed by atoms with Crippen molar-refractivity contribution in [2.75, 3.05) is 32.6 Å². The summed E-state index contributed by atoms with van der Waals surface area (Å²) in [6.07, 6.45) is 2.15. The van der Waals surface area contributed by atoms with Crippen molar-refractivity contribution < 1.29 is 4.79 Å². The van der Waals surface area contributed by atoms with Crippen molar-refractivity contribution in [2.24, 2.45) is 0 Å². The highest BCUT2D eigenvalue weighted by atomic mass is 35.5. The van der Waals surface area contributed by atoms with E-state index in [9.17, 15) is 4.79 Å². The third kappa shape index (κ3) is 2.85. The van der Waals surface area contributed by atoms with Crippen LogP contribution in [-0.4, -0.2) is 54.3 Å². The van der Waals surface area contributed by atoms with Crippen LogP contribution in [0.2, 0.25) is 0 Å². The van der Waals surface area contributed by atoms with E-state index < -0.39 is 0 Å². The number of piperidine rings is 1. The van der Waals surface area contributed by atoms with Crippen molar-refractivity contribution in [3.63, 3.8) is 0 Å². The van der Waals surface area contributed by atoms with Gasteiger partial charge in [0.2, 0.25) is 5.91 Å². The molecule has 0 spiro atoms. The molecule has 1 saturated heterocycles. The van der Waals surface area contributed by atoms with Gasteiger partial charge in [-0.2, -0.15) is 0 Å².